The van der Waals surface area contributed by atoms with Crippen molar-refractivity contribution in [3.05, 3.63) is 53.7 Å². The third-order valence-electron chi connectivity index (χ3n) is 4.42. The lowest BCUT2D eigenvalue weighted by molar-refractivity contribution is -0.0322. The van der Waals surface area contributed by atoms with Gasteiger partial charge in [-0.3, -0.25) is 9.88 Å². The second-order valence-corrected chi connectivity index (χ2v) is 6.14. The van der Waals surface area contributed by atoms with Crippen LogP contribution in [0.4, 0.5) is 0 Å². The van der Waals surface area contributed by atoms with E-state index in [0.717, 1.165) is 49.7 Å². The Kier molecular flexibility index (Phi) is 4.60. The summed E-state index contributed by atoms with van der Waals surface area (Å²) in [5.74, 6) is 2.09. The average molecular weight is 300 g/mol. The number of aromatic nitrogens is 1. The van der Waals surface area contributed by atoms with E-state index in [1.807, 2.05) is 18.2 Å². The minimum atomic E-state index is -0.783. The van der Waals surface area contributed by atoms with E-state index in [0.29, 0.717) is 12.8 Å². The van der Waals surface area contributed by atoms with Crippen molar-refractivity contribution in [2.45, 2.75) is 44.8 Å². The summed E-state index contributed by atoms with van der Waals surface area (Å²) in [5.41, 5.74) is 0.00627. The molecule has 1 aliphatic rings. The average Bonchev–Trinajstić information content (AvgIpc) is 2.98. The molecular weight excluding hydrogens is 276 g/mol. The molecule has 22 heavy (non-hydrogen) atoms. The van der Waals surface area contributed by atoms with Crippen molar-refractivity contribution in [1.82, 2.24) is 9.88 Å². The molecule has 1 fully saturated rings. The number of furan rings is 1. The van der Waals surface area contributed by atoms with E-state index in [2.05, 4.69) is 28.9 Å². The lowest BCUT2D eigenvalue weighted by Gasteiger charge is -2.37. The predicted octanol–water partition coefficient (Wildman–Crippen LogP) is 3.11. The molecule has 2 aromatic rings. The van der Waals surface area contributed by atoms with Crippen LogP contribution in [0.25, 0.3) is 0 Å². The zero-order valence-electron chi connectivity index (χ0n) is 13.2. The molecule has 4 heteroatoms. The van der Waals surface area contributed by atoms with Crippen molar-refractivity contribution in [3.8, 4) is 0 Å². The molecular formula is C18H24N2O2. The molecule has 0 amide bonds. The van der Waals surface area contributed by atoms with Crippen LogP contribution in [0, 0.1) is 0 Å². The van der Waals surface area contributed by atoms with Gasteiger partial charge in [0.1, 0.15) is 17.1 Å². The highest BCUT2D eigenvalue weighted by Gasteiger charge is 2.35. The maximum Gasteiger partial charge on any atom is 0.118 e. The van der Waals surface area contributed by atoms with Gasteiger partial charge in [0.2, 0.25) is 0 Å². The highest BCUT2D eigenvalue weighted by atomic mass is 16.3. The van der Waals surface area contributed by atoms with E-state index in [1.54, 1.807) is 6.20 Å². The second-order valence-electron chi connectivity index (χ2n) is 6.14. The number of pyridine rings is 1. The van der Waals surface area contributed by atoms with Gasteiger partial charge in [0, 0.05) is 25.7 Å². The second kappa shape index (κ2) is 6.63. The van der Waals surface area contributed by atoms with Crippen LogP contribution in [0.15, 0.2) is 40.9 Å². The first-order valence-corrected chi connectivity index (χ1v) is 8.13. The van der Waals surface area contributed by atoms with Crippen LogP contribution in [0.3, 0.4) is 0 Å². The molecule has 3 rings (SSSR count). The highest BCUT2D eigenvalue weighted by molar-refractivity contribution is 5.14. The first-order valence-electron chi connectivity index (χ1n) is 8.13. The maximum absolute atomic E-state index is 10.8. The summed E-state index contributed by atoms with van der Waals surface area (Å²) >= 11 is 0. The minimum Gasteiger partial charge on any atom is -0.465 e. The Bertz CT molecular complexity index is 586. The molecule has 0 saturated carbocycles. The number of aryl methyl sites for hydroxylation is 1. The molecule has 0 spiro atoms. The SMILES string of the molecule is CCCc1ccc(CN2CCC(O)(c3ccccn3)CC2)o1. The normalized spacial score (nSPS) is 18.5. The van der Waals surface area contributed by atoms with Crippen molar-refractivity contribution >= 4 is 0 Å². The summed E-state index contributed by atoms with van der Waals surface area (Å²) in [6, 6.07) is 9.88. The summed E-state index contributed by atoms with van der Waals surface area (Å²) in [7, 11) is 0. The van der Waals surface area contributed by atoms with Crippen LogP contribution in [-0.4, -0.2) is 28.1 Å². The lowest BCUT2D eigenvalue weighted by atomic mass is 9.88. The smallest absolute Gasteiger partial charge is 0.118 e. The van der Waals surface area contributed by atoms with Crippen molar-refractivity contribution in [2.75, 3.05) is 13.1 Å². The number of aliphatic hydroxyl groups is 1. The van der Waals surface area contributed by atoms with E-state index in [-0.39, 0.29) is 0 Å². The zero-order valence-corrected chi connectivity index (χ0v) is 13.2. The van der Waals surface area contributed by atoms with Gasteiger partial charge in [0.25, 0.3) is 0 Å². The third kappa shape index (κ3) is 3.39. The monoisotopic (exact) mass is 300 g/mol. The number of nitrogens with zero attached hydrogens (tertiary/aromatic N) is 2. The molecule has 0 atom stereocenters. The molecule has 2 aromatic heterocycles. The highest BCUT2D eigenvalue weighted by Crippen LogP contribution is 2.31. The number of hydrogen-bond donors (Lipinski definition) is 1. The van der Waals surface area contributed by atoms with Gasteiger partial charge in [-0.25, -0.2) is 0 Å². The Hall–Kier alpha value is -1.65. The van der Waals surface area contributed by atoms with Crippen molar-refractivity contribution in [3.63, 3.8) is 0 Å². The topological polar surface area (TPSA) is 49.5 Å². The molecule has 0 radical (unpaired) electrons. The first kappa shape index (κ1) is 15.3. The van der Waals surface area contributed by atoms with Crippen LogP contribution in [0.2, 0.25) is 0 Å². The van der Waals surface area contributed by atoms with Gasteiger partial charge >= 0.3 is 0 Å². The van der Waals surface area contributed by atoms with Crippen molar-refractivity contribution in [1.29, 1.82) is 0 Å². The van der Waals surface area contributed by atoms with E-state index < -0.39 is 5.60 Å². The van der Waals surface area contributed by atoms with E-state index >= 15 is 0 Å². The quantitative estimate of drug-likeness (QED) is 0.922. The molecule has 118 valence electrons. The van der Waals surface area contributed by atoms with Gasteiger partial charge in [0.15, 0.2) is 0 Å². The van der Waals surface area contributed by atoms with Gasteiger partial charge in [0.05, 0.1) is 12.2 Å². The van der Waals surface area contributed by atoms with Crippen molar-refractivity contribution in [2.24, 2.45) is 0 Å². The lowest BCUT2D eigenvalue weighted by Crippen LogP contribution is -2.42. The molecule has 1 N–H and O–H groups in total. The largest absolute Gasteiger partial charge is 0.465 e. The predicted molar refractivity (Wildman–Crippen MR) is 85.3 cm³/mol. The van der Waals surface area contributed by atoms with E-state index in [4.69, 9.17) is 4.42 Å². The van der Waals surface area contributed by atoms with Crippen LogP contribution >= 0.6 is 0 Å². The zero-order chi connectivity index (χ0) is 15.4. The Morgan fingerprint density at radius 2 is 1.95 bits per heavy atom. The van der Waals surface area contributed by atoms with Crippen molar-refractivity contribution < 1.29 is 9.52 Å². The Labute approximate surface area is 131 Å². The van der Waals surface area contributed by atoms with Gasteiger partial charge in [-0.1, -0.05) is 13.0 Å². The molecule has 0 aliphatic carbocycles. The molecule has 0 unspecified atom stereocenters. The fourth-order valence-corrected chi connectivity index (χ4v) is 3.08. The summed E-state index contributed by atoms with van der Waals surface area (Å²) in [6.07, 6.45) is 5.28. The molecule has 0 aromatic carbocycles. The number of rotatable bonds is 5. The van der Waals surface area contributed by atoms with Gasteiger partial charge in [-0.2, -0.15) is 0 Å². The van der Waals surface area contributed by atoms with E-state index in [9.17, 15) is 5.11 Å². The van der Waals surface area contributed by atoms with Crippen LogP contribution < -0.4 is 0 Å². The first-order chi connectivity index (χ1) is 10.7. The Balaban J connectivity index is 1.57. The molecule has 1 saturated heterocycles. The van der Waals surface area contributed by atoms with E-state index in [1.165, 1.54) is 0 Å². The number of piperidine rings is 1. The number of likely N-dealkylation sites (tertiary alicyclic amines) is 1. The summed E-state index contributed by atoms with van der Waals surface area (Å²) < 4.78 is 5.85. The fourth-order valence-electron chi connectivity index (χ4n) is 3.08. The molecule has 4 nitrogen and oxygen atoms in total. The molecule has 3 heterocycles. The summed E-state index contributed by atoms with van der Waals surface area (Å²) in [5, 5.41) is 10.8. The van der Waals surface area contributed by atoms with Crippen LogP contribution in [-0.2, 0) is 18.6 Å². The Morgan fingerprint density at radius 1 is 1.18 bits per heavy atom. The van der Waals surface area contributed by atoms with Gasteiger partial charge in [-0.15, -0.1) is 0 Å². The summed E-state index contributed by atoms with van der Waals surface area (Å²) in [6.45, 7) is 4.70. The third-order valence-corrected chi connectivity index (χ3v) is 4.42. The van der Waals surface area contributed by atoms with Crippen LogP contribution in [0.1, 0.15) is 43.4 Å². The summed E-state index contributed by atoms with van der Waals surface area (Å²) in [4.78, 5) is 6.66. The minimum absolute atomic E-state index is 0.715. The Morgan fingerprint density at radius 3 is 2.64 bits per heavy atom. The number of hydrogen-bond acceptors (Lipinski definition) is 4. The van der Waals surface area contributed by atoms with Gasteiger partial charge < -0.3 is 9.52 Å². The maximum atomic E-state index is 10.8. The fraction of sp³-hybridized carbons (Fsp3) is 0.500. The standard InChI is InChI=1S/C18H24N2O2/c1-2-5-15-7-8-16(22-15)14-20-12-9-18(21,10-13-20)17-6-3-4-11-19-17/h3-4,6-8,11,21H,2,5,9-10,12-14H2,1H3. The molecule has 1 aliphatic heterocycles. The van der Waals surface area contributed by atoms with Crippen LogP contribution in [0.5, 0.6) is 0 Å². The van der Waals surface area contributed by atoms with Gasteiger partial charge in [-0.05, 0) is 43.5 Å². The molecule has 0 bridgehead atoms.